The third-order valence-electron chi connectivity index (χ3n) is 5.87. The molecule has 1 atom stereocenters. The van der Waals surface area contributed by atoms with Crippen molar-refractivity contribution >= 4 is 40.7 Å². The lowest BCUT2D eigenvalue weighted by atomic mass is 9.94. The number of hydrogen-bond donors (Lipinski definition) is 3. The molecule has 3 amide bonds. The second kappa shape index (κ2) is 8.86. The number of halogens is 8. The molecule has 5 rings (SSSR count). The molecule has 0 saturated heterocycles. The Kier molecular flexibility index (Phi) is 5.97. The van der Waals surface area contributed by atoms with E-state index < -0.39 is 81.5 Å². The normalized spacial score (nSPS) is 17.5. The van der Waals surface area contributed by atoms with E-state index in [9.17, 15) is 45.1 Å². The van der Waals surface area contributed by atoms with Crippen LogP contribution in [0.5, 0.6) is 5.75 Å². The second-order valence-corrected chi connectivity index (χ2v) is 8.82. The van der Waals surface area contributed by atoms with E-state index >= 15 is 0 Å². The number of amides is 3. The third-order valence-corrected chi connectivity index (χ3v) is 6.21. The fourth-order valence-corrected chi connectivity index (χ4v) is 4.44. The summed E-state index contributed by atoms with van der Waals surface area (Å²) in [5, 5.41) is 6.40. The number of nitrogens with one attached hydrogen (secondary N) is 3. The molecule has 0 aromatic heterocycles. The van der Waals surface area contributed by atoms with Gasteiger partial charge in [-0.1, -0.05) is 11.6 Å². The molecule has 202 valence electrons. The van der Waals surface area contributed by atoms with Crippen LogP contribution in [0.3, 0.4) is 0 Å². The maximum absolute atomic E-state index is 14.1. The van der Waals surface area contributed by atoms with Gasteiger partial charge in [0.15, 0.2) is 5.75 Å². The van der Waals surface area contributed by atoms with Crippen molar-refractivity contribution in [1.29, 1.82) is 0 Å². The van der Waals surface area contributed by atoms with E-state index in [-0.39, 0.29) is 22.2 Å². The molecular weight excluding hydrogens is 563 g/mol. The van der Waals surface area contributed by atoms with Crippen LogP contribution in [0.2, 0.25) is 5.02 Å². The van der Waals surface area contributed by atoms with Crippen LogP contribution in [0.4, 0.5) is 42.1 Å². The first-order valence-electron chi connectivity index (χ1n) is 10.7. The van der Waals surface area contributed by atoms with Gasteiger partial charge in [0.1, 0.15) is 11.6 Å². The molecule has 2 heterocycles. The van der Waals surface area contributed by atoms with E-state index in [2.05, 4.69) is 15.4 Å². The van der Waals surface area contributed by atoms with Crippen molar-refractivity contribution < 1.29 is 49.9 Å². The van der Waals surface area contributed by atoms with Gasteiger partial charge in [0.25, 0.3) is 11.8 Å². The highest BCUT2D eigenvalue weighted by Crippen LogP contribution is 2.49. The zero-order valence-electron chi connectivity index (χ0n) is 18.8. The van der Waals surface area contributed by atoms with Crippen molar-refractivity contribution in [2.24, 2.45) is 0 Å². The molecule has 15 heteroatoms. The maximum atomic E-state index is 14.1. The van der Waals surface area contributed by atoms with Crippen LogP contribution in [-0.2, 0) is 11.0 Å². The molecule has 0 fully saturated rings. The van der Waals surface area contributed by atoms with E-state index in [4.69, 9.17) is 11.6 Å². The van der Waals surface area contributed by atoms with Gasteiger partial charge in [-0.3, -0.25) is 14.4 Å². The number of carbonyl (C=O) groups excluding carboxylic acids is 3. The average Bonchev–Trinajstić information content (AvgIpc) is 3.18. The molecule has 0 spiro atoms. The smallest absolute Gasteiger partial charge is 0.423 e. The number of hydrogen-bond acceptors (Lipinski definition) is 4. The van der Waals surface area contributed by atoms with Gasteiger partial charge >= 0.3 is 18.2 Å². The molecule has 0 saturated carbocycles. The van der Waals surface area contributed by atoms with Crippen molar-refractivity contribution in [3.8, 4) is 5.75 Å². The molecular formula is C24H11ClF7N3O4. The molecule has 3 N–H and O–H groups in total. The molecule has 0 aliphatic carbocycles. The number of fused-ring (bicyclic) bond motifs is 3. The quantitative estimate of drug-likeness (QED) is 0.353. The first-order chi connectivity index (χ1) is 18.2. The minimum absolute atomic E-state index is 0.0438. The van der Waals surface area contributed by atoms with E-state index in [1.807, 2.05) is 5.32 Å². The van der Waals surface area contributed by atoms with E-state index in [0.717, 1.165) is 24.3 Å². The monoisotopic (exact) mass is 573 g/mol. The summed E-state index contributed by atoms with van der Waals surface area (Å²) in [5.41, 5.74) is -3.95. The molecule has 3 aromatic rings. The molecule has 3 aromatic carbocycles. The Bertz CT molecular complexity index is 1590. The van der Waals surface area contributed by atoms with Gasteiger partial charge in [0.2, 0.25) is 0 Å². The van der Waals surface area contributed by atoms with Crippen LogP contribution in [0.25, 0.3) is 0 Å². The third kappa shape index (κ3) is 4.60. The Morgan fingerprint density at radius 1 is 1.03 bits per heavy atom. The summed E-state index contributed by atoms with van der Waals surface area (Å²) in [7, 11) is 0. The van der Waals surface area contributed by atoms with Gasteiger partial charge in [0, 0.05) is 27.8 Å². The Morgan fingerprint density at radius 3 is 2.44 bits per heavy atom. The zero-order valence-corrected chi connectivity index (χ0v) is 19.5. The highest BCUT2D eigenvalue weighted by Gasteiger charge is 2.49. The van der Waals surface area contributed by atoms with Gasteiger partial charge in [-0.05, 0) is 36.4 Å². The van der Waals surface area contributed by atoms with Crippen molar-refractivity contribution in [3.63, 3.8) is 0 Å². The molecule has 0 bridgehead atoms. The largest absolute Gasteiger partial charge is 0.482 e. The molecule has 0 radical (unpaired) electrons. The second-order valence-electron chi connectivity index (χ2n) is 8.41. The van der Waals surface area contributed by atoms with Crippen LogP contribution >= 0.6 is 11.6 Å². The molecule has 2 aliphatic heterocycles. The predicted molar refractivity (Wildman–Crippen MR) is 121 cm³/mol. The fourth-order valence-electron chi connectivity index (χ4n) is 4.21. The first kappa shape index (κ1) is 26.3. The molecule has 39 heavy (non-hydrogen) atoms. The fraction of sp³-hybridized carbons (Fsp3) is 0.125. The van der Waals surface area contributed by atoms with E-state index in [1.54, 1.807) is 0 Å². The van der Waals surface area contributed by atoms with Gasteiger partial charge in [0.05, 0.1) is 28.5 Å². The Hall–Kier alpha value is -4.33. The number of carbonyl (C=O) groups is 3. The summed E-state index contributed by atoms with van der Waals surface area (Å²) in [6.45, 7) is 0. The van der Waals surface area contributed by atoms with Crippen LogP contribution < -0.4 is 20.7 Å². The predicted octanol–water partition coefficient (Wildman–Crippen LogP) is 5.65. The highest BCUT2D eigenvalue weighted by atomic mass is 35.5. The lowest BCUT2D eigenvalue weighted by molar-refractivity contribution is -0.189. The first-order valence-corrected chi connectivity index (χ1v) is 11.1. The summed E-state index contributed by atoms with van der Waals surface area (Å²) in [6.07, 6.45) is -9.38. The number of benzene rings is 3. The summed E-state index contributed by atoms with van der Waals surface area (Å²) in [4.78, 5) is 37.7. The van der Waals surface area contributed by atoms with Crippen molar-refractivity contribution in [2.75, 3.05) is 10.6 Å². The van der Waals surface area contributed by atoms with Gasteiger partial charge in [-0.15, -0.1) is 0 Å². The lowest BCUT2D eigenvalue weighted by Gasteiger charge is -2.27. The summed E-state index contributed by atoms with van der Waals surface area (Å²) in [6, 6.07) is 3.58. The number of anilines is 2. The summed E-state index contributed by atoms with van der Waals surface area (Å²) < 4.78 is 99.9. The van der Waals surface area contributed by atoms with Crippen molar-refractivity contribution in [1.82, 2.24) is 5.32 Å². The molecule has 7 nitrogen and oxygen atoms in total. The Balaban J connectivity index is 1.68. The van der Waals surface area contributed by atoms with Gasteiger partial charge < -0.3 is 20.7 Å². The SMILES string of the molecule is O=C(Nc1cc2c(c3c1[C@@H](c1cc(F)ccc1Cl)NC3=O)NC(=O)C(F)(F)O2)c1cc(F)cc(C(F)(F)F)c1. The lowest BCUT2D eigenvalue weighted by Crippen LogP contribution is -2.44. The standard InChI is InChI=1S/C24H11ClF7N3O4/c25-13-2-1-10(26)6-12(13)18-16-14(33-20(36)8-3-9(23(28,29)30)5-11(27)4-8)7-15-19(17(16)21(37)34-18)35-22(38)24(31,32)39-15/h1-7,18H,(H,33,36)(H,34,37)(H,35,38)/t18-/m1/s1. The summed E-state index contributed by atoms with van der Waals surface area (Å²) in [5.74, 6) is -7.15. The van der Waals surface area contributed by atoms with E-state index in [1.165, 1.54) is 0 Å². The van der Waals surface area contributed by atoms with Crippen molar-refractivity contribution in [2.45, 2.75) is 18.3 Å². The average molecular weight is 574 g/mol. The topological polar surface area (TPSA) is 96.5 Å². The van der Waals surface area contributed by atoms with Crippen LogP contribution in [-0.4, -0.2) is 23.8 Å². The Morgan fingerprint density at radius 2 is 1.74 bits per heavy atom. The zero-order chi connectivity index (χ0) is 28.4. The summed E-state index contributed by atoms with van der Waals surface area (Å²) >= 11 is 6.18. The minimum Gasteiger partial charge on any atom is -0.423 e. The molecule has 0 unspecified atom stereocenters. The van der Waals surface area contributed by atoms with Gasteiger partial charge in [-0.2, -0.15) is 22.0 Å². The van der Waals surface area contributed by atoms with Crippen LogP contribution in [0.15, 0.2) is 42.5 Å². The number of ether oxygens (including phenoxy) is 1. The van der Waals surface area contributed by atoms with Crippen LogP contribution in [0, 0.1) is 11.6 Å². The van der Waals surface area contributed by atoms with E-state index in [0.29, 0.717) is 12.1 Å². The minimum atomic E-state index is -5.00. The van der Waals surface area contributed by atoms with Crippen LogP contribution in [0.1, 0.15) is 43.4 Å². The number of rotatable bonds is 3. The Labute approximate surface area is 217 Å². The molecule has 2 aliphatic rings. The number of alkyl halides is 5. The van der Waals surface area contributed by atoms with Crippen molar-refractivity contribution in [3.05, 3.63) is 86.9 Å². The highest BCUT2D eigenvalue weighted by molar-refractivity contribution is 6.31. The maximum Gasteiger partial charge on any atom is 0.482 e. The van der Waals surface area contributed by atoms with Gasteiger partial charge in [-0.25, -0.2) is 8.78 Å².